The first-order chi connectivity index (χ1) is 12.5. The van der Waals surface area contributed by atoms with Crippen molar-refractivity contribution in [2.24, 2.45) is 0 Å². The zero-order chi connectivity index (χ0) is 18.5. The molecule has 0 aliphatic heterocycles. The van der Waals surface area contributed by atoms with Crippen LogP contribution in [0.3, 0.4) is 0 Å². The normalized spacial score (nSPS) is 10.8. The van der Waals surface area contributed by atoms with Crippen LogP contribution in [0.15, 0.2) is 75.6 Å². The van der Waals surface area contributed by atoms with E-state index in [-0.39, 0.29) is 11.7 Å². The number of anilines is 1. The molecule has 1 N–H and O–H groups in total. The molecule has 1 amide bonds. The summed E-state index contributed by atoms with van der Waals surface area (Å²) in [6, 6.07) is 18.2. The molecule has 1 aromatic heterocycles. The highest BCUT2D eigenvalue weighted by molar-refractivity contribution is 9.10. The number of carbonyl (C=O) groups is 2. The number of allylic oxidation sites excluding steroid dienone is 1. The fourth-order valence-electron chi connectivity index (χ4n) is 2.39. The fourth-order valence-corrected chi connectivity index (χ4v) is 2.65. The third-order valence-corrected chi connectivity index (χ3v) is 4.17. The van der Waals surface area contributed by atoms with Crippen molar-refractivity contribution < 1.29 is 14.0 Å². The Hall–Kier alpha value is -2.92. The van der Waals surface area contributed by atoms with Crippen LogP contribution in [-0.4, -0.2) is 11.7 Å². The Morgan fingerprint density at radius 3 is 2.31 bits per heavy atom. The lowest BCUT2D eigenvalue weighted by Gasteiger charge is -2.02. The lowest BCUT2D eigenvalue weighted by molar-refractivity contribution is -0.114. The third-order valence-electron chi connectivity index (χ3n) is 3.64. The van der Waals surface area contributed by atoms with Crippen LogP contribution in [0.2, 0.25) is 0 Å². The van der Waals surface area contributed by atoms with Crippen LogP contribution in [0.1, 0.15) is 23.0 Å². The van der Waals surface area contributed by atoms with Gasteiger partial charge in [-0.05, 0) is 60.7 Å². The number of halogens is 1. The van der Waals surface area contributed by atoms with Crippen LogP contribution < -0.4 is 5.32 Å². The molecule has 0 aliphatic rings. The summed E-state index contributed by atoms with van der Waals surface area (Å²) in [5.41, 5.74) is 2.16. The molecular weight excluding hydrogens is 394 g/mol. The highest BCUT2D eigenvalue weighted by atomic mass is 79.9. The van der Waals surface area contributed by atoms with E-state index in [1.807, 2.05) is 36.4 Å². The molecule has 3 rings (SSSR count). The Labute approximate surface area is 159 Å². The number of benzene rings is 2. The van der Waals surface area contributed by atoms with Crippen molar-refractivity contribution >= 4 is 39.4 Å². The van der Waals surface area contributed by atoms with Gasteiger partial charge in [0.1, 0.15) is 11.5 Å². The van der Waals surface area contributed by atoms with Gasteiger partial charge in [0, 0.05) is 28.2 Å². The average molecular weight is 410 g/mol. The zero-order valence-electron chi connectivity index (χ0n) is 14.0. The van der Waals surface area contributed by atoms with Gasteiger partial charge in [-0.3, -0.25) is 9.59 Å². The Kier molecular flexibility index (Phi) is 5.49. The van der Waals surface area contributed by atoms with Gasteiger partial charge in [0.2, 0.25) is 5.91 Å². The molecular formula is C21H16BrNO3. The van der Waals surface area contributed by atoms with Crippen molar-refractivity contribution in [1.82, 2.24) is 0 Å². The summed E-state index contributed by atoms with van der Waals surface area (Å²) in [7, 11) is 0. The minimum atomic E-state index is -0.150. The summed E-state index contributed by atoms with van der Waals surface area (Å²) in [4.78, 5) is 23.3. The molecule has 0 radical (unpaired) electrons. The SMILES string of the molecule is CC(=O)Nc1ccc(C(=O)C=Cc2ccc(-c3ccc(Br)cc3)o2)cc1. The molecule has 26 heavy (non-hydrogen) atoms. The van der Waals surface area contributed by atoms with E-state index in [1.54, 1.807) is 30.3 Å². The van der Waals surface area contributed by atoms with Crippen LogP contribution in [0.4, 0.5) is 5.69 Å². The molecule has 0 aliphatic carbocycles. The summed E-state index contributed by atoms with van der Waals surface area (Å²) < 4.78 is 6.76. The molecule has 5 heteroatoms. The molecule has 2 aromatic carbocycles. The smallest absolute Gasteiger partial charge is 0.221 e. The number of hydrogen-bond acceptors (Lipinski definition) is 3. The van der Waals surface area contributed by atoms with Crippen molar-refractivity contribution in [3.8, 4) is 11.3 Å². The molecule has 3 aromatic rings. The summed E-state index contributed by atoms with van der Waals surface area (Å²) in [5.74, 6) is 1.06. The maximum atomic E-state index is 12.2. The third kappa shape index (κ3) is 4.58. The van der Waals surface area contributed by atoms with E-state index in [9.17, 15) is 9.59 Å². The summed E-state index contributed by atoms with van der Waals surface area (Å²) in [5, 5.41) is 2.66. The van der Waals surface area contributed by atoms with E-state index < -0.39 is 0 Å². The topological polar surface area (TPSA) is 59.3 Å². The molecule has 1 heterocycles. The molecule has 0 saturated carbocycles. The predicted molar refractivity (Wildman–Crippen MR) is 106 cm³/mol. The molecule has 0 bridgehead atoms. The highest BCUT2D eigenvalue weighted by Crippen LogP contribution is 2.24. The first-order valence-corrected chi connectivity index (χ1v) is 8.76. The van der Waals surface area contributed by atoms with E-state index in [0.717, 1.165) is 15.8 Å². The lowest BCUT2D eigenvalue weighted by atomic mass is 10.1. The number of ketones is 1. The maximum Gasteiger partial charge on any atom is 0.221 e. The number of rotatable bonds is 5. The molecule has 0 atom stereocenters. The zero-order valence-corrected chi connectivity index (χ0v) is 15.6. The molecule has 0 spiro atoms. The molecule has 4 nitrogen and oxygen atoms in total. The van der Waals surface area contributed by atoms with Gasteiger partial charge in [-0.1, -0.05) is 28.1 Å². The van der Waals surface area contributed by atoms with Crippen molar-refractivity contribution in [3.63, 3.8) is 0 Å². The minimum Gasteiger partial charge on any atom is -0.457 e. The first kappa shape index (κ1) is 17.9. The van der Waals surface area contributed by atoms with E-state index in [2.05, 4.69) is 21.2 Å². The first-order valence-electron chi connectivity index (χ1n) is 7.97. The second-order valence-corrected chi connectivity index (χ2v) is 6.58. The van der Waals surface area contributed by atoms with Gasteiger partial charge < -0.3 is 9.73 Å². The van der Waals surface area contributed by atoms with Crippen molar-refractivity contribution in [1.29, 1.82) is 0 Å². The second kappa shape index (κ2) is 7.97. The Morgan fingerprint density at radius 2 is 1.65 bits per heavy atom. The van der Waals surface area contributed by atoms with Gasteiger partial charge in [0.05, 0.1) is 0 Å². The minimum absolute atomic E-state index is 0.138. The number of nitrogens with one attached hydrogen (secondary N) is 1. The van der Waals surface area contributed by atoms with Crippen LogP contribution in [-0.2, 0) is 4.79 Å². The fraction of sp³-hybridized carbons (Fsp3) is 0.0476. The van der Waals surface area contributed by atoms with Crippen LogP contribution >= 0.6 is 15.9 Å². The van der Waals surface area contributed by atoms with Crippen LogP contribution in [0.5, 0.6) is 0 Å². The van der Waals surface area contributed by atoms with Gasteiger partial charge in [0.25, 0.3) is 0 Å². The van der Waals surface area contributed by atoms with E-state index in [0.29, 0.717) is 17.0 Å². The quantitative estimate of drug-likeness (QED) is 0.442. The molecule has 130 valence electrons. The van der Waals surface area contributed by atoms with Crippen LogP contribution in [0.25, 0.3) is 17.4 Å². The van der Waals surface area contributed by atoms with Crippen LogP contribution in [0, 0.1) is 0 Å². The Bertz CT molecular complexity index is 954. The second-order valence-electron chi connectivity index (χ2n) is 5.67. The monoisotopic (exact) mass is 409 g/mol. The predicted octanol–water partition coefficient (Wildman–Crippen LogP) is 5.56. The van der Waals surface area contributed by atoms with Crippen molar-refractivity contribution in [2.45, 2.75) is 6.92 Å². The summed E-state index contributed by atoms with van der Waals surface area (Å²) >= 11 is 3.40. The largest absolute Gasteiger partial charge is 0.457 e. The van der Waals surface area contributed by atoms with E-state index in [4.69, 9.17) is 4.42 Å². The number of furan rings is 1. The van der Waals surface area contributed by atoms with Crippen molar-refractivity contribution in [3.05, 3.63) is 82.5 Å². The number of amides is 1. The maximum absolute atomic E-state index is 12.2. The van der Waals surface area contributed by atoms with E-state index in [1.165, 1.54) is 13.0 Å². The highest BCUT2D eigenvalue weighted by Gasteiger charge is 2.05. The average Bonchev–Trinajstić information content (AvgIpc) is 3.09. The van der Waals surface area contributed by atoms with Gasteiger partial charge in [-0.15, -0.1) is 0 Å². The lowest BCUT2D eigenvalue weighted by Crippen LogP contribution is -2.05. The summed E-state index contributed by atoms with van der Waals surface area (Å²) in [6.07, 6.45) is 3.12. The van der Waals surface area contributed by atoms with Gasteiger partial charge in [-0.2, -0.15) is 0 Å². The Morgan fingerprint density at radius 1 is 0.962 bits per heavy atom. The van der Waals surface area contributed by atoms with Crippen molar-refractivity contribution in [2.75, 3.05) is 5.32 Å². The number of hydrogen-bond donors (Lipinski definition) is 1. The molecule has 0 saturated heterocycles. The summed E-state index contributed by atoms with van der Waals surface area (Å²) in [6.45, 7) is 1.44. The van der Waals surface area contributed by atoms with Gasteiger partial charge in [0.15, 0.2) is 5.78 Å². The molecule has 0 fully saturated rings. The number of carbonyl (C=O) groups excluding carboxylic acids is 2. The standard InChI is InChI=1S/C21H16BrNO3/c1-14(24)23-18-8-4-15(5-9-18)20(25)12-10-19-11-13-21(26-19)16-2-6-17(22)7-3-16/h2-13H,1H3,(H,23,24). The van der Waals surface area contributed by atoms with Gasteiger partial charge in [-0.25, -0.2) is 0 Å². The van der Waals surface area contributed by atoms with Gasteiger partial charge >= 0.3 is 0 Å². The van der Waals surface area contributed by atoms with E-state index >= 15 is 0 Å². The molecule has 0 unspecified atom stereocenters. The Balaban J connectivity index is 1.68.